The molecule has 0 spiro atoms. The second-order valence-corrected chi connectivity index (χ2v) is 5.90. The summed E-state index contributed by atoms with van der Waals surface area (Å²) in [6.45, 7) is -0.228. The molecule has 0 aromatic heterocycles. The average Bonchev–Trinajstić information content (AvgIpc) is 3.08. The van der Waals surface area contributed by atoms with Crippen molar-refractivity contribution in [3.8, 4) is 5.75 Å². The van der Waals surface area contributed by atoms with Crippen LogP contribution in [0.4, 0.5) is 0 Å². The van der Waals surface area contributed by atoms with E-state index in [0.717, 1.165) is 19.3 Å². The highest BCUT2D eigenvalue weighted by atomic mass is 16.5. The Morgan fingerprint density at radius 1 is 0.960 bits per heavy atom. The molecule has 0 heterocycles. The number of primary amides is 1. The SMILES string of the molecule is NC(=O)CNC(=O)c1ccc(OC(=O)c2ccc3c(c2)CCC3)cc1. The molecule has 0 aliphatic heterocycles. The Kier molecular flexibility index (Phi) is 4.79. The third-order valence-corrected chi connectivity index (χ3v) is 4.08. The van der Waals surface area contributed by atoms with Crippen molar-refractivity contribution >= 4 is 17.8 Å². The van der Waals surface area contributed by atoms with Gasteiger partial charge in [0.25, 0.3) is 5.91 Å². The van der Waals surface area contributed by atoms with Crippen LogP contribution in [-0.2, 0) is 17.6 Å². The Bertz CT molecular complexity index is 828. The van der Waals surface area contributed by atoms with Gasteiger partial charge >= 0.3 is 5.97 Å². The number of carbonyl (C=O) groups is 3. The molecular formula is C19H18N2O4. The van der Waals surface area contributed by atoms with E-state index < -0.39 is 17.8 Å². The minimum atomic E-state index is -0.617. The Labute approximate surface area is 145 Å². The lowest BCUT2D eigenvalue weighted by Gasteiger charge is -2.07. The van der Waals surface area contributed by atoms with Crippen molar-refractivity contribution in [2.75, 3.05) is 6.54 Å². The summed E-state index contributed by atoms with van der Waals surface area (Å²) in [7, 11) is 0. The summed E-state index contributed by atoms with van der Waals surface area (Å²) in [6, 6.07) is 11.7. The van der Waals surface area contributed by atoms with Crippen LogP contribution in [-0.4, -0.2) is 24.3 Å². The van der Waals surface area contributed by atoms with E-state index in [1.807, 2.05) is 12.1 Å². The molecule has 0 saturated heterocycles. The van der Waals surface area contributed by atoms with Crippen LogP contribution in [0.3, 0.4) is 0 Å². The third kappa shape index (κ3) is 4.03. The van der Waals surface area contributed by atoms with Gasteiger partial charge in [-0.1, -0.05) is 6.07 Å². The first-order valence-corrected chi connectivity index (χ1v) is 8.03. The second-order valence-electron chi connectivity index (χ2n) is 5.90. The summed E-state index contributed by atoms with van der Waals surface area (Å²) in [4.78, 5) is 34.7. The van der Waals surface area contributed by atoms with Gasteiger partial charge in [-0.25, -0.2) is 4.79 Å². The maximum absolute atomic E-state index is 12.3. The molecule has 2 aromatic rings. The van der Waals surface area contributed by atoms with Gasteiger partial charge in [0.1, 0.15) is 5.75 Å². The Morgan fingerprint density at radius 2 is 1.64 bits per heavy atom. The van der Waals surface area contributed by atoms with Crippen molar-refractivity contribution in [3.63, 3.8) is 0 Å². The lowest BCUT2D eigenvalue weighted by Crippen LogP contribution is -2.33. The predicted molar refractivity (Wildman–Crippen MR) is 91.4 cm³/mol. The molecule has 2 amide bonds. The van der Waals surface area contributed by atoms with Gasteiger partial charge in [0.05, 0.1) is 12.1 Å². The summed E-state index contributed by atoms with van der Waals surface area (Å²) in [6.07, 6.45) is 3.17. The molecular weight excluding hydrogens is 320 g/mol. The summed E-state index contributed by atoms with van der Waals surface area (Å²) >= 11 is 0. The predicted octanol–water partition coefficient (Wildman–Crippen LogP) is 1.61. The average molecular weight is 338 g/mol. The van der Waals surface area contributed by atoms with Gasteiger partial charge in [0.15, 0.2) is 0 Å². The zero-order chi connectivity index (χ0) is 17.8. The number of fused-ring (bicyclic) bond motifs is 1. The Balaban J connectivity index is 1.64. The molecule has 0 bridgehead atoms. The van der Waals surface area contributed by atoms with Crippen molar-refractivity contribution < 1.29 is 19.1 Å². The molecule has 2 aromatic carbocycles. The molecule has 1 aliphatic carbocycles. The van der Waals surface area contributed by atoms with Crippen LogP contribution in [0.15, 0.2) is 42.5 Å². The zero-order valence-electron chi connectivity index (χ0n) is 13.6. The van der Waals surface area contributed by atoms with E-state index >= 15 is 0 Å². The van der Waals surface area contributed by atoms with Crippen LogP contribution in [0.5, 0.6) is 5.75 Å². The monoisotopic (exact) mass is 338 g/mol. The molecule has 0 saturated carbocycles. The van der Waals surface area contributed by atoms with Crippen molar-refractivity contribution in [1.82, 2.24) is 5.32 Å². The van der Waals surface area contributed by atoms with Crippen molar-refractivity contribution in [2.24, 2.45) is 5.73 Å². The third-order valence-electron chi connectivity index (χ3n) is 4.08. The van der Waals surface area contributed by atoms with Crippen molar-refractivity contribution in [3.05, 3.63) is 64.7 Å². The molecule has 1 aliphatic rings. The largest absolute Gasteiger partial charge is 0.423 e. The standard InChI is InChI=1S/C19H18N2O4/c20-17(22)11-21-18(23)13-6-8-16(9-7-13)25-19(24)15-5-4-12-2-1-3-14(12)10-15/h4-10H,1-3,11H2,(H2,20,22)(H,21,23). The summed E-state index contributed by atoms with van der Waals surface area (Å²) in [5, 5.41) is 2.39. The van der Waals surface area contributed by atoms with Gasteiger partial charge in [-0.05, 0) is 66.8 Å². The summed E-state index contributed by atoms with van der Waals surface area (Å²) in [5.41, 5.74) is 8.34. The summed E-state index contributed by atoms with van der Waals surface area (Å²) in [5.74, 6) is -1.12. The number of hydrogen-bond donors (Lipinski definition) is 2. The fraction of sp³-hybridized carbons (Fsp3) is 0.211. The first-order chi connectivity index (χ1) is 12.0. The maximum atomic E-state index is 12.3. The van der Waals surface area contributed by atoms with Crippen LogP contribution in [0, 0.1) is 0 Å². The van der Waals surface area contributed by atoms with E-state index in [4.69, 9.17) is 10.5 Å². The van der Waals surface area contributed by atoms with Crippen LogP contribution in [0.2, 0.25) is 0 Å². The van der Waals surface area contributed by atoms with E-state index in [9.17, 15) is 14.4 Å². The highest BCUT2D eigenvalue weighted by molar-refractivity contribution is 5.96. The van der Waals surface area contributed by atoms with Crippen LogP contribution < -0.4 is 15.8 Å². The number of benzene rings is 2. The number of carbonyl (C=O) groups excluding carboxylic acids is 3. The van der Waals surface area contributed by atoms with Gasteiger partial charge in [0.2, 0.25) is 5.91 Å². The van der Waals surface area contributed by atoms with E-state index in [1.54, 1.807) is 6.07 Å². The van der Waals surface area contributed by atoms with Crippen LogP contribution in [0.25, 0.3) is 0 Å². The van der Waals surface area contributed by atoms with E-state index in [2.05, 4.69) is 5.32 Å². The minimum absolute atomic E-state index is 0.228. The van der Waals surface area contributed by atoms with Gasteiger partial charge in [0, 0.05) is 5.56 Å². The molecule has 3 rings (SSSR count). The quantitative estimate of drug-likeness (QED) is 0.639. The molecule has 6 nitrogen and oxygen atoms in total. The minimum Gasteiger partial charge on any atom is -0.423 e. The highest BCUT2D eigenvalue weighted by Crippen LogP contribution is 2.23. The highest BCUT2D eigenvalue weighted by Gasteiger charge is 2.15. The van der Waals surface area contributed by atoms with Gasteiger partial charge in [-0.2, -0.15) is 0 Å². The van der Waals surface area contributed by atoms with Gasteiger partial charge in [-0.3, -0.25) is 9.59 Å². The fourth-order valence-electron chi connectivity index (χ4n) is 2.81. The van der Waals surface area contributed by atoms with Gasteiger partial charge < -0.3 is 15.8 Å². The maximum Gasteiger partial charge on any atom is 0.343 e. The number of aryl methyl sites for hydroxylation is 2. The molecule has 128 valence electrons. The number of hydrogen-bond acceptors (Lipinski definition) is 4. The molecule has 0 fully saturated rings. The molecule has 0 radical (unpaired) electrons. The smallest absolute Gasteiger partial charge is 0.343 e. The van der Waals surface area contributed by atoms with Crippen molar-refractivity contribution in [1.29, 1.82) is 0 Å². The molecule has 0 atom stereocenters. The summed E-state index contributed by atoms with van der Waals surface area (Å²) < 4.78 is 5.35. The Morgan fingerprint density at radius 3 is 2.36 bits per heavy atom. The number of nitrogens with two attached hydrogens (primary N) is 1. The fourth-order valence-corrected chi connectivity index (χ4v) is 2.81. The van der Waals surface area contributed by atoms with Crippen molar-refractivity contribution in [2.45, 2.75) is 19.3 Å². The van der Waals surface area contributed by atoms with Gasteiger partial charge in [-0.15, -0.1) is 0 Å². The van der Waals surface area contributed by atoms with E-state index in [0.29, 0.717) is 16.9 Å². The molecule has 25 heavy (non-hydrogen) atoms. The Hall–Kier alpha value is -3.15. The molecule has 3 N–H and O–H groups in total. The first-order valence-electron chi connectivity index (χ1n) is 8.03. The number of rotatable bonds is 5. The normalized spacial score (nSPS) is 12.3. The van der Waals surface area contributed by atoms with E-state index in [1.165, 1.54) is 35.4 Å². The number of esters is 1. The molecule has 6 heteroatoms. The van der Waals surface area contributed by atoms with Crippen LogP contribution in [0.1, 0.15) is 38.3 Å². The second kappa shape index (κ2) is 7.17. The lowest BCUT2D eigenvalue weighted by atomic mass is 10.1. The zero-order valence-corrected chi connectivity index (χ0v) is 13.6. The number of nitrogens with one attached hydrogen (secondary N) is 1. The van der Waals surface area contributed by atoms with E-state index in [-0.39, 0.29) is 6.54 Å². The molecule has 0 unspecified atom stereocenters. The number of ether oxygens (including phenoxy) is 1. The first kappa shape index (κ1) is 16.7. The lowest BCUT2D eigenvalue weighted by molar-refractivity contribution is -0.117. The van der Waals surface area contributed by atoms with Crippen LogP contribution >= 0.6 is 0 Å². The topological polar surface area (TPSA) is 98.5 Å². The number of amides is 2.